The maximum absolute atomic E-state index is 13.0. The first kappa shape index (κ1) is 24.1. The molecule has 0 saturated carbocycles. The molecule has 2 aliphatic rings. The number of halogens is 3. The molecule has 0 spiro atoms. The highest BCUT2D eigenvalue weighted by Crippen LogP contribution is 2.34. The molecule has 2 aliphatic heterocycles. The highest BCUT2D eigenvalue weighted by atomic mass is 19.4. The average molecular weight is 503 g/mol. The summed E-state index contributed by atoms with van der Waals surface area (Å²) in [5, 5.41) is 7.17. The summed E-state index contributed by atoms with van der Waals surface area (Å²) in [5.74, 6) is -0.174. The van der Waals surface area contributed by atoms with Crippen molar-refractivity contribution < 1.29 is 32.2 Å². The van der Waals surface area contributed by atoms with E-state index in [1.165, 1.54) is 18.3 Å². The third-order valence-electron chi connectivity index (χ3n) is 5.90. The summed E-state index contributed by atoms with van der Waals surface area (Å²) >= 11 is 0. The van der Waals surface area contributed by atoms with Gasteiger partial charge in [0, 0.05) is 36.8 Å². The summed E-state index contributed by atoms with van der Waals surface area (Å²) in [6.07, 6.45) is 1.03. The molecule has 36 heavy (non-hydrogen) atoms. The molecule has 1 amide bonds. The number of pyridine rings is 1. The fraction of sp³-hybridized carbons (Fsp3) is 0.375. The number of hydrogen-bond acceptors (Lipinski definition) is 7. The van der Waals surface area contributed by atoms with Gasteiger partial charge >= 0.3 is 6.36 Å². The summed E-state index contributed by atoms with van der Waals surface area (Å²) in [6, 6.07) is 8.51. The molecule has 1 atom stereocenters. The second-order valence-electron chi connectivity index (χ2n) is 8.40. The first-order valence-electron chi connectivity index (χ1n) is 11.5. The maximum Gasteiger partial charge on any atom is 0.573 e. The predicted molar refractivity (Wildman–Crippen MR) is 124 cm³/mol. The molecular formula is C24H24F3N5O4. The van der Waals surface area contributed by atoms with Crippen LogP contribution in [0.1, 0.15) is 35.8 Å². The van der Waals surface area contributed by atoms with E-state index >= 15 is 0 Å². The minimum atomic E-state index is -4.79. The van der Waals surface area contributed by atoms with Crippen molar-refractivity contribution in [2.75, 3.05) is 36.7 Å². The number of carbonyl (C=O) groups excluding carboxylic acids is 1. The van der Waals surface area contributed by atoms with Crippen molar-refractivity contribution in [1.82, 2.24) is 14.8 Å². The first-order valence-corrected chi connectivity index (χ1v) is 11.5. The number of ether oxygens (including phenoxy) is 3. The molecule has 5 rings (SSSR count). The van der Waals surface area contributed by atoms with Crippen molar-refractivity contribution in [3.8, 4) is 17.0 Å². The first-order chi connectivity index (χ1) is 17.4. The molecule has 190 valence electrons. The monoisotopic (exact) mass is 503 g/mol. The largest absolute Gasteiger partial charge is 0.573 e. The number of alkyl halides is 3. The van der Waals surface area contributed by atoms with Gasteiger partial charge in [-0.05, 0) is 55.7 Å². The third kappa shape index (κ3) is 5.44. The number of aromatic nitrogens is 3. The summed E-state index contributed by atoms with van der Waals surface area (Å²) in [5.41, 5.74) is 2.06. The molecule has 12 heteroatoms. The van der Waals surface area contributed by atoms with Crippen molar-refractivity contribution in [3.05, 3.63) is 54.4 Å². The lowest BCUT2D eigenvalue weighted by atomic mass is 10.1. The van der Waals surface area contributed by atoms with Crippen LogP contribution in [0.15, 0.2) is 48.8 Å². The van der Waals surface area contributed by atoms with Crippen molar-refractivity contribution in [3.63, 3.8) is 0 Å². The Bertz CT molecular complexity index is 1200. The molecule has 0 radical (unpaired) electrons. The lowest BCUT2D eigenvalue weighted by Gasteiger charge is -2.26. The number of anilines is 2. The van der Waals surface area contributed by atoms with E-state index in [-0.39, 0.29) is 17.5 Å². The molecule has 1 aromatic carbocycles. The molecule has 3 aromatic rings. The Morgan fingerprint density at radius 2 is 1.97 bits per heavy atom. The van der Waals surface area contributed by atoms with Gasteiger partial charge in [0.15, 0.2) is 6.23 Å². The third-order valence-corrected chi connectivity index (χ3v) is 5.90. The van der Waals surface area contributed by atoms with Crippen LogP contribution in [0.3, 0.4) is 0 Å². The van der Waals surface area contributed by atoms with Gasteiger partial charge in [0.05, 0.1) is 17.9 Å². The second-order valence-corrected chi connectivity index (χ2v) is 8.40. The lowest BCUT2D eigenvalue weighted by Crippen LogP contribution is -2.23. The molecule has 9 nitrogen and oxygen atoms in total. The number of nitrogens with one attached hydrogen (secondary N) is 1. The van der Waals surface area contributed by atoms with Gasteiger partial charge in [0.2, 0.25) is 0 Å². The van der Waals surface area contributed by atoms with E-state index in [4.69, 9.17) is 9.47 Å². The van der Waals surface area contributed by atoms with Crippen molar-refractivity contribution in [2.45, 2.75) is 31.9 Å². The standard InChI is InChI=1S/C24H24F3N5O4/c25-24(26,27)36-18-6-4-17(5-7-18)30-23(33)16-13-19(22(28-14-16)31-10-12-34-15-31)20-8-9-29-32(20)21-3-1-2-11-35-21/h4-9,13-14,21H,1-3,10-12,15H2,(H,30,33). The van der Waals surface area contributed by atoms with Crippen molar-refractivity contribution in [1.29, 1.82) is 0 Å². The van der Waals surface area contributed by atoms with E-state index in [0.29, 0.717) is 43.6 Å². The fourth-order valence-corrected chi connectivity index (χ4v) is 4.22. The minimum absolute atomic E-state index is 0.207. The Kier molecular flexibility index (Phi) is 6.79. The number of benzene rings is 1. The van der Waals surface area contributed by atoms with Gasteiger partial charge in [-0.15, -0.1) is 13.2 Å². The van der Waals surface area contributed by atoms with E-state index in [1.807, 2.05) is 15.6 Å². The zero-order valence-electron chi connectivity index (χ0n) is 19.2. The number of rotatable bonds is 6. The highest BCUT2D eigenvalue weighted by molar-refractivity contribution is 6.05. The molecule has 4 heterocycles. The minimum Gasteiger partial charge on any atom is -0.406 e. The predicted octanol–water partition coefficient (Wildman–Crippen LogP) is 4.59. The summed E-state index contributed by atoms with van der Waals surface area (Å²) in [7, 11) is 0. The average Bonchev–Trinajstić information content (AvgIpc) is 3.57. The summed E-state index contributed by atoms with van der Waals surface area (Å²) < 4.78 is 54.3. The van der Waals surface area contributed by atoms with Crippen LogP contribution in [-0.4, -0.2) is 53.5 Å². The Hall–Kier alpha value is -3.64. The van der Waals surface area contributed by atoms with Crippen LogP contribution < -0.4 is 15.0 Å². The second kappa shape index (κ2) is 10.2. The van der Waals surface area contributed by atoms with Crippen molar-refractivity contribution in [2.24, 2.45) is 0 Å². The maximum atomic E-state index is 13.0. The molecule has 2 saturated heterocycles. The molecule has 0 bridgehead atoms. The van der Waals surface area contributed by atoms with Crippen LogP contribution in [-0.2, 0) is 9.47 Å². The molecular weight excluding hydrogens is 479 g/mol. The topological polar surface area (TPSA) is 90.7 Å². The van der Waals surface area contributed by atoms with Crippen LogP contribution in [0.25, 0.3) is 11.3 Å². The Morgan fingerprint density at radius 3 is 2.67 bits per heavy atom. The normalized spacial score (nSPS) is 18.3. The van der Waals surface area contributed by atoms with Crippen LogP contribution in [0.2, 0.25) is 0 Å². The van der Waals surface area contributed by atoms with Gasteiger partial charge in [0.1, 0.15) is 18.3 Å². The Morgan fingerprint density at radius 1 is 1.14 bits per heavy atom. The van der Waals surface area contributed by atoms with Gasteiger partial charge in [-0.25, -0.2) is 9.67 Å². The number of amides is 1. The van der Waals surface area contributed by atoms with Gasteiger partial charge in [0.25, 0.3) is 5.91 Å². The van der Waals surface area contributed by atoms with E-state index < -0.39 is 12.3 Å². The molecule has 2 fully saturated rings. The SMILES string of the molecule is O=C(Nc1ccc(OC(F)(F)F)cc1)c1cnc(N2CCOC2)c(-c2ccnn2C2CCCCO2)c1. The van der Waals surface area contributed by atoms with Crippen LogP contribution in [0.5, 0.6) is 5.75 Å². The van der Waals surface area contributed by atoms with Gasteiger partial charge in [-0.3, -0.25) is 4.79 Å². The molecule has 0 aliphatic carbocycles. The Labute approximate surface area is 204 Å². The van der Waals surface area contributed by atoms with Gasteiger partial charge in [-0.2, -0.15) is 5.10 Å². The lowest BCUT2D eigenvalue weighted by molar-refractivity contribution is -0.274. The van der Waals surface area contributed by atoms with Crippen molar-refractivity contribution >= 4 is 17.4 Å². The zero-order chi connectivity index (χ0) is 25.1. The van der Waals surface area contributed by atoms with E-state index in [1.54, 1.807) is 12.3 Å². The molecule has 1 unspecified atom stereocenters. The van der Waals surface area contributed by atoms with Crippen LogP contribution in [0.4, 0.5) is 24.7 Å². The highest BCUT2D eigenvalue weighted by Gasteiger charge is 2.31. The number of nitrogens with zero attached hydrogens (tertiary/aromatic N) is 4. The fourth-order valence-electron chi connectivity index (χ4n) is 4.22. The number of hydrogen-bond donors (Lipinski definition) is 1. The Balaban J connectivity index is 1.42. The van der Waals surface area contributed by atoms with E-state index in [0.717, 1.165) is 37.1 Å². The summed E-state index contributed by atoms with van der Waals surface area (Å²) in [6.45, 7) is 2.27. The van der Waals surface area contributed by atoms with Gasteiger partial charge < -0.3 is 24.4 Å². The number of carbonyl (C=O) groups is 1. The molecule has 1 N–H and O–H groups in total. The van der Waals surface area contributed by atoms with Crippen LogP contribution >= 0.6 is 0 Å². The zero-order valence-corrected chi connectivity index (χ0v) is 19.2. The molecule has 2 aromatic heterocycles. The van der Waals surface area contributed by atoms with Crippen LogP contribution in [0, 0.1) is 0 Å². The quantitative estimate of drug-likeness (QED) is 0.526. The van der Waals surface area contributed by atoms with Gasteiger partial charge in [-0.1, -0.05) is 0 Å². The van der Waals surface area contributed by atoms with E-state index in [2.05, 4.69) is 20.1 Å². The smallest absolute Gasteiger partial charge is 0.406 e. The summed E-state index contributed by atoms with van der Waals surface area (Å²) in [4.78, 5) is 19.6. The van der Waals surface area contributed by atoms with E-state index in [9.17, 15) is 18.0 Å².